The average Bonchev–Trinajstić information content (AvgIpc) is 1.80. The molecule has 0 saturated carbocycles. The normalized spacial score (nSPS) is 70.8. The molecule has 0 bridgehead atoms. The summed E-state index contributed by atoms with van der Waals surface area (Å²) in [4.78, 5) is 0. The number of morpholine rings is 1. The molecule has 0 aliphatic carbocycles. The lowest BCUT2D eigenvalue weighted by atomic mass is 10.3. The van der Waals surface area contributed by atoms with E-state index in [1.807, 2.05) is 0 Å². The third-order valence-electron chi connectivity index (χ3n) is 0.868. The fourth-order valence-corrected chi connectivity index (χ4v) is 0.550. The van der Waals surface area contributed by atoms with Gasteiger partial charge < -0.3 is 10.1 Å². The second-order valence-corrected chi connectivity index (χ2v) is 1.71. The molecular formula is C6H13NO. The molecule has 2 unspecified atom stereocenters. The highest BCUT2D eigenvalue weighted by Crippen LogP contribution is 2.00. The minimum Gasteiger partial charge on any atom is -0.373 e. The van der Waals surface area contributed by atoms with Crippen LogP contribution >= 0.6 is 0 Å². The van der Waals surface area contributed by atoms with Crippen molar-refractivity contribution >= 4 is 0 Å². The van der Waals surface area contributed by atoms with Gasteiger partial charge in [0.1, 0.15) is 0 Å². The quantitative estimate of drug-likeness (QED) is 0.499. The molecule has 2 nitrogen and oxygen atoms in total. The van der Waals surface area contributed by atoms with E-state index in [0.717, 1.165) is 0 Å². The Balaban J connectivity index is 2.93. The molecule has 0 radical (unpaired) electrons. The monoisotopic (exact) mass is 120 g/mol. The van der Waals surface area contributed by atoms with Crippen molar-refractivity contribution in [1.82, 2.24) is 5.32 Å². The minimum atomic E-state index is -2.19. The molecule has 1 saturated heterocycles. The van der Waals surface area contributed by atoms with Gasteiger partial charge in [0, 0.05) is 18.5 Å². The Kier molecular flexibility index (Phi) is 0.700. The second kappa shape index (κ2) is 2.46. The first-order chi connectivity index (χ1) is 5.58. The van der Waals surface area contributed by atoms with Crippen molar-refractivity contribution < 1.29 is 11.6 Å². The number of hydrogen-bond acceptors (Lipinski definition) is 2. The maximum absolute atomic E-state index is 7.51. The molecule has 0 aromatic rings. The van der Waals surface area contributed by atoms with Crippen LogP contribution in [0.25, 0.3) is 0 Å². The van der Waals surface area contributed by atoms with Crippen LogP contribution in [0.4, 0.5) is 0 Å². The third-order valence-corrected chi connectivity index (χ3v) is 0.868. The van der Waals surface area contributed by atoms with Crippen LogP contribution in [-0.2, 0) is 4.74 Å². The van der Waals surface area contributed by atoms with E-state index in [4.69, 9.17) is 11.6 Å². The van der Waals surface area contributed by atoms with Crippen molar-refractivity contribution in [3.05, 3.63) is 0 Å². The van der Waals surface area contributed by atoms with Crippen molar-refractivity contribution in [2.75, 3.05) is 13.0 Å². The Hall–Kier alpha value is -0.0800. The highest BCUT2D eigenvalue weighted by atomic mass is 16.5. The van der Waals surface area contributed by atoms with Gasteiger partial charge in [-0.05, 0) is 13.8 Å². The molecule has 1 aliphatic heterocycles. The summed E-state index contributed by atoms with van der Waals surface area (Å²) in [7, 11) is 0. The van der Waals surface area contributed by atoms with E-state index >= 15 is 0 Å². The number of ether oxygens (including phenoxy) is 1. The molecule has 1 aliphatic rings. The zero-order chi connectivity index (χ0) is 10.5. The molecular weight excluding hydrogens is 102 g/mol. The van der Waals surface area contributed by atoms with Crippen LogP contribution in [0.15, 0.2) is 0 Å². The highest BCUT2D eigenvalue weighted by molar-refractivity contribution is 4.66. The topological polar surface area (TPSA) is 21.3 Å². The van der Waals surface area contributed by atoms with E-state index in [0.29, 0.717) is 0 Å². The van der Waals surface area contributed by atoms with Crippen molar-refractivity contribution in [2.45, 2.75) is 26.0 Å². The predicted octanol–water partition coefficient (Wildman–Crippen LogP) is 0.383. The molecule has 0 aromatic carbocycles. The summed E-state index contributed by atoms with van der Waals surface area (Å²) in [5.41, 5.74) is 0. The molecule has 0 amide bonds. The van der Waals surface area contributed by atoms with Crippen LogP contribution in [0, 0.1) is 0 Å². The van der Waals surface area contributed by atoms with Gasteiger partial charge in [-0.3, -0.25) is 0 Å². The van der Waals surface area contributed by atoms with Gasteiger partial charge in [0.15, 0.2) is 0 Å². The van der Waals surface area contributed by atoms with Crippen molar-refractivity contribution in [2.24, 2.45) is 0 Å². The van der Waals surface area contributed by atoms with Gasteiger partial charge in [-0.1, -0.05) is 0 Å². The Bertz CT molecular complexity index is 217. The maximum atomic E-state index is 7.51. The van der Waals surface area contributed by atoms with Gasteiger partial charge in [0.05, 0.1) is 13.6 Å². The van der Waals surface area contributed by atoms with Crippen LogP contribution in [0.1, 0.15) is 20.7 Å². The molecule has 2 heteroatoms. The van der Waals surface area contributed by atoms with Crippen molar-refractivity contribution in [1.29, 1.82) is 0 Å². The lowest BCUT2D eigenvalue weighted by molar-refractivity contribution is -0.0166. The highest BCUT2D eigenvalue weighted by Gasteiger charge is 2.12. The molecule has 0 aromatic heterocycles. The van der Waals surface area contributed by atoms with Crippen LogP contribution in [0.5, 0.6) is 0 Å². The largest absolute Gasteiger partial charge is 0.373 e. The molecule has 1 fully saturated rings. The summed E-state index contributed by atoms with van der Waals surface area (Å²) in [6.45, 7) is -1.40. The Morgan fingerprint density at radius 2 is 2.50 bits per heavy atom. The predicted molar refractivity (Wildman–Crippen MR) is 32.9 cm³/mol. The lowest BCUT2D eigenvalue weighted by Gasteiger charge is -2.25. The fraction of sp³-hybridized carbons (Fsp3) is 1.00. The Morgan fingerprint density at radius 3 is 3.12 bits per heavy atom. The zero-order valence-corrected chi connectivity index (χ0v) is 4.99. The van der Waals surface area contributed by atoms with Gasteiger partial charge in [0.25, 0.3) is 0 Å². The van der Waals surface area contributed by atoms with Gasteiger partial charge in [-0.2, -0.15) is 0 Å². The molecule has 1 rings (SSSR count). The SMILES string of the molecule is [2H]C1([2H])NC([2H])([2H])C([2H])(C)OC1C. The van der Waals surface area contributed by atoms with Gasteiger partial charge in [-0.15, -0.1) is 0 Å². The molecule has 1 heterocycles. The lowest BCUT2D eigenvalue weighted by Crippen LogP contribution is -2.41. The molecule has 1 N–H and O–H groups in total. The first-order valence-corrected chi connectivity index (χ1v) is 2.56. The first kappa shape index (κ1) is 2.27. The standard InChI is InChI=1S/C6H13NO/c1-5-3-7-4-6(2)8-5/h5-7H,3-4H2,1-2H3/i3D2,4D2,5D. The minimum absolute atomic E-state index is 0.848. The van der Waals surface area contributed by atoms with Gasteiger partial charge in [-0.25, -0.2) is 0 Å². The number of nitrogens with one attached hydrogen (secondary N) is 1. The van der Waals surface area contributed by atoms with Crippen LogP contribution in [0.2, 0.25) is 0 Å². The van der Waals surface area contributed by atoms with Crippen LogP contribution < -0.4 is 5.32 Å². The fourth-order valence-electron chi connectivity index (χ4n) is 0.550. The van der Waals surface area contributed by atoms with E-state index in [2.05, 4.69) is 5.32 Å². The van der Waals surface area contributed by atoms with E-state index < -0.39 is 25.2 Å². The van der Waals surface area contributed by atoms with Gasteiger partial charge >= 0.3 is 0 Å². The molecule has 2 atom stereocenters. The van der Waals surface area contributed by atoms with Crippen LogP contribution in [0.3, 0.4) is 0 Å². The summed E-state index contributed by atoms with van der Waals surface area (Å²) >= 11 is 0. The summed E-state index contributed by atoms with van der Waals surface area (Å²) in [6.07, 6.45) is -2.61. The Labute approximate surface area is 57.2 Å². The average molecular weight is 120 g/mol. The second-order valence-electron chi connectivity index (χ2n) is 1.71. The summed E-state index contributed by atoms with van der Waals surface area (Å²) in [6, 6.07) is 0. The first-order valence-electron chi connectivity index (χ1n) is 5.06. The zero-order valence-electron chi connectivity index (χ0n) is 9.99. The Morgan fingerprint density at radius 1 is 1.75 bits per heavy atom. The van der Waals surface area contributed by atoms with Gasteiger partial charge in [0.2, 0.25) is 0 Å². The summed E-state index contributed by atoms with van der Waals surface area (Å²) in [5, 5.41) is 2.13. The summed E-state index contributed by atoms with van der Waals surface area (Å²) in [5.74, 6) is 0. The van der Waals surface area contributed by atoms with E-state index in [1.54, 1.807) is 0 Å². The maximum Gasteiger partial charge on any atom is 0.0675 e. The van der Waals surface area contributed by atoms with Crippen molar-refractivity contribution in [3.8, 4) is 0 Å². The molecule has 8 heavy (non-hydrogen) atoms. The van der Waals surface area contributed by atoms with E-state index in [1.165, 1.54) is 13.8 Å². The number of hydrogen-bond donors (Lipinski definition) is 1. The molecule has 48 valence electrons. The smallest absolute Gasteiger partial charge is 0.0675 e. The van der Waals surface area contributed by atoms with E-state index in [9.17, 15) is 0 Å². The molecule has 0 spiro atoms. The summed E-state index contributed by atoms with van der Waals surface area (Å²) < 4.78 is 42.0. The number of rotatable bonds is 0. The third kappa shape index (κ3) is 1.46. The van der Waals surface area contributed by atoms with Crippen LogP contribution in [-0.4, -0.2) is 25.2 Å². The van der Waals surface area contributed by atoms with E-state index in [-0.39, 0.29) is 0 Å². The van der Waals surface area contributed by atoms with Crippen molar-refractivity contribution in [3.63, 3.8) is 0 Å².